The van der Waals surface area contributed by atoms with Crippen molar-refractivity contribution < 1.29 is 21.6 Å². The van der Waals surface area contributed by atoms with E-state index >= 15 is 0 Å². The van der Waals surface area contributed by atoms with E-state index < -0.39 is 32.4 Å². The Bertz CT molecular complexity index is 850. The van der Waals surface area contributed by atoms with Crippen LogP contribution in [0, 0.1) is 17.5 Å². The molecule has 0 aromatic heterocycles. The minimum atomic E-state index is -4.28. The van der Waals surface area contributed by atoms with Crippen LogP contribution in [-0.4, -0.2) is 15.0 Å². The van der Waals surface area contributed by atoms with E-state index in [9.17, 15) is 21.6 Å². The summed E-state index contributed by atoms with van der Waals surface area (Å²) >= 11 is 0. The molecule has 0 atom stereocenters. The molecule has 2 aromatic carbocycles. The van der Waals surface area contributed by atoms with Gasteiger partial charge >= 0.3 is 0 Å². The molecule has 1 saturated carbocycles. The maximum absolute atomic E-state index is 13.8. The summed E-state index contributed by atoms with van der Waals surface area (Å²) in [6, 6.07) is 10.8. The van der Waals surface area contributed by atoms with Crippen molar-refractivity contribution >= 4 is 10.0 Å². The van der Waals surface area contributed by atoms with Crippen molar-refractivity contribution in [1.29, 1.82) is 0 Å². The Hall–Kier alpha value is -1.86. The molecule has 24 heavy (non-hydrogen) atoms. The number of benzene rings is 2. The summed E-state index contributed by atoms with van der Waals surface area (Å²) in [7, 11) is -4.28. The second-order valence-electron chi connectivity index (χ2n) is 6.00. The lowest BCUT2D eigenvalue weighted by Gasteiger charge is -2.42. The van der Waals surface area contributed by atoms with E-state index in [0.717, 1.165) is 30.9 Å². The Kier molecular flexibility index (Phi) is 4.40. The van der Waals surface area contributed by atoms with Gasteiger partial charge in [0.1, 0.15) is 4.90 Å². The van der Waals surface area contributed by atoms with Crippen molar-refractivity contribution in [2.24, 2.45) is 0 Å². The van der Waals surface area contributed by atoms with E-state index in [2.05, 4.69) is 4.72 Å². The van der Waals surface area contributed by atoms with Gasteiger partial charge in [0, 0.05) is 12.0 Å². The van der Waals surface area contributed by atoms with E-state index in [-0.39, 0.29) is 12.0 Å². The van der Waals surface area contributed by atoms with E-state index in [1.54, 1.807) is 0 Å². The van der Waals surface area contributed by atoms with Gasteiger partial charge in [-0.2, -0.15) is 0 Å². The highest BCUT2D eigenvalue weighted by Gasteiger charge is 2.39. The standard InChI is InChI=1S/C17H16F3NO2S/c18-13-7-8-14(16(20)15(13)19)24(22,23)21-11-17(9-4-10-17)12-5-2-1-3-6-12/h1-3,5-8,21H,4,9-11H2. The zero-order valence-corrected chi connectivity index (χ0v) is 13.5. The molecule has 1 aliphatic carbocycles. The first-order valence-corrected chi connectivity index (χ1v) is 9.03. The van der Waals surface area contributed by atoms with Gasteiger partial charge in [0.05, 0.1) is 0 Å². The van der Waals surface area contributed by atoms with Gasteiger partial charge in [0.15, 0.2) is 17.5 Å². The molecule has 1 aliphatic rings. The molecule has 0 bridgehead atoms. The maximum Gasteiger partial charge on any atom is 0.243 e. The molecular weight excluding hydrogens is 339 g/mol. The third-order valence-corrected chi connectivity index (χ3v) is 6.01. The summed E-state index contributed by atoms with van der Waals surface area (Å²) in [4.78, 5) is -0.885. The molecule has 7 heteroatoms. The number of nitrogens with one attached hydrogen (secondary N) is 1. The summed E-state index contributed by atoms with van der Waals surface area (Å²) in [6.07, 6.45) is 2.58. The largest absolute Gasteiger partial charge is 0.243 e. The quantitative estimate of drug-likeness (QED) is 0.835. The van der Waals surface area contributed by atoms with Gasteiger partial charge in [-0.1, -0.05) is 36.8 Å². The third-order valence-electron chi connectivity index (χ3n) is 4.59. The summed E-state index contributed by atoms with van der Waals surface area (Å²) in [5.41, 5.74) is 0.660. The summed E-state index contributed by atoms with van der Waals surface area (Å²) in [6.45, 7) is 0.0811. The fraction of sp³-hybridized carbons (Fsp3) is 0.294. The first-order valence-electron chi connectivity index (χ1n) is 7.54. The van der Waals surface area contributed by atoms with E-state index in [4.69, 9.17) is 0 Å². The van der Waals surface area contributed by atoms with Crippen molar-refractivity contribution in [2.45, 2.75) is 29.6 Å². The Morgan fingerprint density at radius 3 is 2.21 bits per heavy atom. The molecule has 0 heterocycles. The lowest BCUT2D eigenvalue weighted by molar-refractivity contribution is 0.245. The highest BCUT2D eigenvalue weighted by Crippen LogP contribution is 2.43. The molecule has 0 unspecified atom stereocenters. The van der Waals surface area contributed by atoms with E-state index in [1.165, 1.54) is 0 Å². The number of hydrogen-bond acceptors (Lipinski definition) is 2. The summed E-state index contributed by atoms with van der Waals surface area (Å²) < 4.78 is 67.0. The first kappa shape index (κ1) is 17.0. The molecule has 2 aromatic rings. The van der Waals surface area contributed by atoms with Crippen LogP contribution in [0.4, 0.5) is 13.2 Å². The Morgan fingerprint density at radius 2 is 1.62 bits per heavy atom. The molecule has 3 nitrogen and oxygen atoms in total. The molecule has 0 spiro atoms. The normalized spacial score (nSPS) is 16.6. The van der Waals surface area contributed by atoms with Gasteiger partial charge in [0.2, 0.25) is 10.0 Å². The molecule has 1 N–H and O–H groups in total. The second-order valence-corrected chi connectivity index (χ2v) is 7.73. The van der Waals surface area contributed by atoms with Crippen LogP contribution in [0.2, 0.25) is 0 Å². The Morgan fingerprint density at radius 1 is 0.958 bits per heavy atom. The van der Waals surface area contributed by atoms with Gasteiger partial charge in [-0.05, 0) is 30.5 Å². The number of rotatable bonds is 5. The average molecular weight is 355 g/mol. The van der Waals surface area contributed by atoms with Gasteiger partial charge in [-0.15, -0.1) is 0 Å². The van der Waals surface area contributed by atoms with Crippen molar-refractivity contribution in [3.63, 3.8) is 0 Å². The van der Waals surface area contributed by atoms with Crippen LogP contribution in [0.15, 0.2) is 47.4 Å². The van der Waals surface area contributed by atoms with Gasteiger partial charge in [0.25, 0.3) is 0 Å². The van der Waals surface area contributed by atoms with Crippen molar-refractivity contribution in [3.8, 4) is 0 Å². The number of hydrogen-bond donors (Lipinski definition) is 1. The lowest BCUT2D eigenvalue weighted by atomic mass is 9.64. The van der Waals surface area contributed by atoms with Crippen LogP contribution in [0.1, 0.15) is 24.8 Å². The summed E-state index contributed by atoms with van der Waals surface area (Å²) in [5, 5.41) is 0. The second kappa shape index (κ2) is 6.22. The molecule has 0 saturated heterocycles. The molecule has 128 valence electrons. The molecule has 0 aliphatic heterocycles. The van der Waals surface area contributed by atoms with Crippen LogP contribution >= 0.6 is 0 Å². The maximum atomic E-state index is 13.8. The van der Waals surface area contributed by atoms with Crippen molar-refractivity contribution in [3.05, 3.63) is 65.5 Å². The van der Waals surface area contributed by atoms with Crippen molar-refractivity contribution in [2.75, 3.05) is 6.54 Å². The van der Waals surface area contributed by atoms with Crippen LogP contribution in [0.5, 0.6) is 0 Å². The SMILES string of the molecule is O=S(=O)(NCC1(c2ccccc2)CCC1)c1ccc(F)c(F)c1F. The van der Waals surface area contributed by atoms with Crippen molar-refractivity contribution in [1.82, 2.24) is 4.72 Å². The average Bonchev–Trinajstić information content (AvgIpc) is 2.52. The number of halogens is 3. The zero-order chi connectivity index (χ0) is 17.4. The van der Waals surface area contributed by atoms with Crippen LogP contribution in [-0.2, 0) is 15.4 Å². The molecule has 0 radical (unpaired) electrons. The topological polar surface area (TPSA) is 46.2 Å². The molecule has 0 amide bonds. The van der Waals surface area contributed by atoms with Crippen LogP contribution in [0.25, 0.3) is 0 Å². The summed E-state index contributed by atoms with van der Waals surface area (Å²) in [5.74, 6) is -4.92. The predicted molar refractivity (Wildman–Crippen MR) is 83.5 cm³/mol. The minimum absolute atomic E-state index is 0.0811. The fourth-order valence-corrected chi connectivity index (χ4v) is 4.18. The van der Waals surface area contributed by atoms with Gasteiger partial charge in [-0.3, -0.25) is 0 Å². The predicted octanol–water partition coefficient (Wildman–Crippen LogP) is 3.50. The van der Waals surface area contributed by atoms with Crippen LogP contribution < -0.4 is 4.72 Å². The van der Waals surface area contributed by atoms with Gasteiger partial charge < -0.3 is 0 Å². The fourth-order valence-electron chi connectivity index (χ4n) is 2.99. The molecular formula is C17H16F3NO2S. The highest BCUT2D eigenvalue weighted by atomic mass is 32.2. The number of sulfonamides is 1. The highest BCUT2D eigenvalue weighted by molar-refractivity contribution is 7.89. The zero-order valence-electron chi connectivity index (χ0n) is 12.7. The van der Waals surface area contributed by atoms with E-state index in [1.807, 2.05) is 30.3 Å². The van der Waals surface area contributed by atoms with Crippen LogP contribution in [0.3, 0.4) is 0 Å². The lowest BCUT2D eigenvalue weighted by Crippen LogP contribution is -2.45. The molecule has 3 rings (SSSR count). The first-order chi connectivity index (χ1) is 11.4. The third kappa shape index (κ3) is 2.93. The van der Waals surface area contributed by atoms with Gasteiger partial charge in [-0.25, -0.2) is 26.3 Å². The minimum Gasteiger partial charge on any atom is -0.210 e. The molecule has 1 fully saturated rings. The Labute approximate surface area is 138 Å². The smallest absolute Gasteiger partial charge is 0.210 e. The Balaban J connectivity index is 1.84. The van der Waals surface area contributed by atoms with E-state index in [0.29, 0.717) is 6.07 Å². The monoisotopic (exact) mass is 355 g/mol.